The zero-order valence-corrected chi connectivity index (χ0v) is 13.8. The highest BCUT2D eigenvalue weighted by Crippen LogP contribution is 2.29. The molecule has 0 aliphatic carbocycles. The molecule has 2 fully saturated rings. The Kier molecular flexibility index (Phi) is 4.50. The summed E-state index contributed by atoms with van der Waals surface area (Å²) in [6.45, 7) is 9.35. The van der Waals surface area contributed by atoms with E-state index in [0.29, 0.717) is 13.2 Å². The van der Waals surface area contributed by atoms with Gasteiger partial charge in [-0.1, -0.05) is 23.8 Å². The van der Waals surface area contributed by atoms with E-state index < -0.39 is 0 Å². The third-order valence-corrected chi connectivity index (χ3v) is 4.91. The maximum absolute atomic E-state index is 12.8. The third-order valence-electron chi connectivity index (χ3n) is 4.91. The van der Waals surface area contributed by atoms with Crippen molar-refractivity contribution in [1.29, 1.82) is 0 Å². The molecule has 1 aromatic rings. The predicted molar refractivity (Wildman–Crippen MR) is 86.8 cm³/mol. The lowest BCUT2D eigenvalue weighted by atomic mass is 9.97. The number of nitrogens with one attached hydrogen (secondary N) is 1. The molecule has 2 aliphatic heterocycles. The first kappa shape index (κ1) is 15.5. The van der Waals surface area contributed by atoms with Crippen LogP contribution in [0.4, 0.5) is 0 Å². The zero-order chi connectivity index (χ0) is 15.7. The van der Waals surface area contributed by atoms with E-state index in [4.69, 9.17) is 4.74 Å². The van der Waals surface area contributed by atoms with Gasteiger partial charge < -0.3 is 15.0 Å². The number of benzene rings is 1. The highest BCUT2D eigenvalue weighted by atomic mass is 16.5. The summed E-state index contributed by atoms with van der Waals surface area (Å²) >= 11 is 0. The monoisotopic (exact) mass is 302 g/mol. The number of aryl methyl sites for hydroxylation is 2. The molecule has 4 nitrogen and oxygen atoms in total. The van der Waals surface area contributed by atoms with Gasteiger partial charge in [0.1, 0.15) is 6.10 Å². The highest BCUT2D eigenvalue weighted by molar-refractivity contribution is 5.80. The van der Waals surface area contributed by atoms with Crippen LogP contribution in [0, 0.1) is 19.8 Å². The van der Waals surface area contributed by atoms with Crippen molar-refractivity contribution in [3.05, 3.63) is 34.9 Å². The van der Waals surface area contributed by atoms with Crippen LogP contribution in [0.25, 0.3) is 0 Å². The van der Waals surface area contributed by atoms with Crippen molar-refractivity contribution in [2.75, 3.05) is 26.2 Å². The number of carbonyl (C=O) groups is 1. The summed E-state index contributed by atoms with van der Waals surface area (Å²) in [4.78, 5) is 14.8. The van der Waals surface area contributed by atoms with Gasteiger partial charge in [0.05, 0.1) is 25.1 Å². The molecule has 2 saturated heterocycles. The van der Waals surface area contributed by atoms with Gasteiger partial charge in [-0.25, -0.2) is 0 Å². The fourth-order valence-corrected chi connectivity index (χ4v) is 3.46. The highest BCUT2D eigenvalue weighted by Gasteiger charge is 2.35. The Morgan fingerprint density at radius 1 is 1.36 bits per heavy atom. The van der Waals surface area contributed by atoms with Crippen molar-refractivity contribution >= 4 is 5.91 Å². The number of amides is 1. The zero-order valence-electron chi connectivity index (χ0n) is 13.8. The summed E-state index contributed by atoms with van der Waals surface area (Å²) in [6.07, 6.45) is 0.950. The van der Waals surface area contributed by atoms with Crippen LogP contribution in [0.2, 0.25) is 0 Å². The molecule has 2 heterocycles. The lowest BCUT2D eigenvalue weighted by Crippen LogP contribution is -2.50. The van der Waals surface area contributed by atoms with Gasteiger partial charge in [-0.3, -0.25) is 4.79 Å². The maximum Gasteiger partial charge on any atom is 0.227 e. The second-order valence-electron chi connectivity index (χ2n) is 6.71. The van der Waals surface area contributed by atoms with Gasteiger partial charge in [0.25, 0.3) is 0 Å². The Labute approximate surface area is 132 Å². The molecule has 0 saturated carbocycles. The third kappa shape index (κ3) is 3.03. The van der Waals surface area contributed by atoms with E-state index in [1.165, 1.54) is 16.7 Å². The molecular formula is C18H26N2O2. The Morgan fingerprint density at radius 2 is 2.18 bits per heavy atom. The molecule has 22 heavy (non-hydrogen) atoms. The number of hydrogen-bond donors (Lipinski definition) is 1. The van der Waals surface area contributed by atoms with Crippen molar-refractivity contribution in [3.8, 4) is 0 Å². The molecular weight excluding hydrogens is 276 g/mol. The Bertz CT molecular complexity index is 552. The van der Waals surface area contributed by atoms with Gasteiger partial charge in [0, 0.05) is 6.54 Å². The lowest BCUT2D eigenvalue weighted by molar-refractivity contribution is -0.148. The van der Waals surface area contributed by atoms with Gasteiger partial charge in [0.2, 0.25) is 5.91 Å². The smallest absolute Gasteiger partial charge is 0.227 e. The van der Waals surface area contributed by atoms with Crippen LogP contribution in [0.3, 0.4) is 0 Å². The van der Waals surface area contributed by atoms with Gasteiger partial charge >= 0.3 is 0 Å². The average Bonchev–Trinajstić information content (AvgIpc) is 3.04. The largest absolute Gasteiger partial charge is 0.370 e. The van der Waals surface area contributed by atoms with E-state index in [1.807, 2.05) is 4.90 Å². The Hall–Kier alpha value is -1.39. The van der Waals surface area contributed by atoms with Crippen LogP contribution in [0.1, 0.15) is 36.1 Å². The van der Waals surface area contributed by atoms with Crippen LogP contribution < -0.4 is 5.32 Å². The minimum absolute atomic E-state index is 0.00517. The fourth-order valence-electron chi connectivity index (χ4n) is 3.46. The summed E-state index contributed by atoms with van der Waals surface area (Å²) in [5.41, 5.74) is 3.69. The predicted octanol–water partition coefficient (Wildman–Crippen LogP) is 2.20. The van der Waals surface area contributed by atoms with Gasteiger partial charge in [-0.05, 0) is 44.9 Å². The van der Waals surface area contributed by atoms with E-state index in [1.54, 1.807) is 0 Å². The van der Waals surface area contributed by atoms with Crippen LogP contribution in [0.15, 0.2) is 18.2 Å². The Balaban J connectivity index is 1.78. The standard InChI is InChI=1S/C18H26N2O2/c1-12-4-5-13(2)16(8-12)17-10-20(14(3)11-22-17)18(21)15-6-7-19-9-15/h4-5,8,14-15,17,19H,6-7,9-11H2,1-3H3/t14-,15+,17+/m1/s1. The molecule has 0 spiro atoms. The van der Waals surface area contributed by atoms with E-state index in [-0.39, 0.29) is 24.0 Å². The van der Waals surface area contributed by atoms with Crippen LogP contribution in [-0.4, -0.2) is 43.1 Å². The summed E-state index contributed by atoms with van der Waals surface area (Å²) in [5.74, 6) is 0.427. The van der Waals surface area contributed by atoms with E-state index >= 15 is 0 Å². The molecule has 0 aromatic heterocycles. The first-order valence-electron chi connectivity index (χ1n) is 8.26. The van der Waals surface area contributed by atoms with E-state index in [2.05, 4.69) is 44.3 Å². The van der Waals surface area contributed by atoms with Crippen molar-refractivity contribution in [2.45, 2.75) is 39.3 Å². The van der Waals surface area contributed by atoms with Gasteiger partial charge in [-0.15, -0.1) is 0 Å². The second-order valence-corrected chi connectivity index (χ2v) is 6.71. The molecule has 1 aromatic carbocycles. The minimum Gasteiger partial charge on any atom is -0.370 e. The number of rotatable bonds is 2. The Morgan fingerprint density at radius 3 is 2.91 bits per heavy atom. The normalized spacial score (nSPS) is 28.9. The summed E-state index contributed by atoms with van der Waals surface area (Å²) in [7, 11) is 0. The number of carbonyl (C=O) groups excluding carboxylic acids is 1. The first-order valence-corrected chi connectivity index (χ1v) is 8.26. The van der Waals surface area contributed by atoms with Crippen LogP contribution in [0.5, 0.6) is 0 Å². The topological polar surface area (TPSA) is 41.6 Å². The molecule has 120 valence electrons. The van der Waals surface area contributed by atoms with Gasteiger partial charge in [-0.2, -0.15) is 0 Å². The van der Waals surface area contributed by atoms with Crippen molar-refractivity contribution in [2.24, 2.45) is 5.92 Å². The fraction of sp³-hybridized carbons (Fsp3) is 0.611. The summed E-state index contributed by atoms with van der Waals surface area (Å²) in [6, 6.07) is 6.61. The quantitative estimate of drug-likeness (QED) is 0.910. The molecule has 2 aliphatic rings. The first-order chi connectivity index (χ1) is 10.6. The summed E-state index contributed by atoms with van der Waals surface area (Å²) in [5, 5.41) is 3.29. The number of ether oxygens (including phenoxy) is 1. The molecule has 1 amide bonds. The van der Waals surface area contributed by atoms with E-state index in [0.717, 1.165) is 19.5 Å². The van der Waals surface area contributed by atoms with Crippen LogP contribution in [-0.2, 0) is 9.53 Å². The lowest BCUT2D eigenvalue weighted by Gasteiger charge is -2.39. The molecule has 0 radical (unpaired) electrons. The maximum atomic E-state index is 12.8. The number of morpholine rings is 1. The van der Waals surface area contributed by atoms with Crippen molar-refractivity contribution in [1.82, 2.24) is 10.2 Å². The van der Waals surface area contributed by atoms with Crippen LogP contribution >= 0.6 is 0 Å². The second kappa shape index (κ2) is 6.39. The van der Waals surface area contributed by atoms with Crippen molar-refractivity contribution in [3.63, 3.8) is 0 Å². The summed E-state index contributed by atoms with van der Waals surface area (Å²) < 4.78 is 6.05. The van der Waals surface area contributed by atoms with Crippen molar-refractivity contribution < 1.29 is 9.53 Å². The number of hydrogen-bond acceptors (Lipinski definition) is 3. The molecule has 1 N–H and O–H groups in total. The average molecular weight is 302 g/mol. The van der Waals surface area contributed by atoms with Gasteiger partial charge in [0.15, 0.2) is 0 Å². The van der Waals surface area contributed by atoms with E-state index in [9.17, 15) is 4.79 Å². The molecule has 3 atom stereocenters. The molecule has 0 bridgehead atoms. The minimum atomic E-state index is -0.00517. The SMILES string of the molecule is Cc1ccc(C)c([C@@H]2CN(C(=O)[C@H]3CCNC3)[C@H](C)CO2)c1. The number of nitrogens with zero attached hydrogens (tertiary/aromatic N) is 1. The molecule has 3 rings (SSSR count). The molecule has 0 unspecified atom stereocenters. The molecule has 4 heteroatoms.